The fraction of sp³-hybridized carbons (Fsp3) is 0.296. The van der Waals surface area contributed by atoms with Gasteiger partial charge in [0.1, 0.15) is 5.82 Å². The second kappa shape index (κ2) is 9.95. The highest BCUT2D eigenvalue weighted by molar-refractivity contribution is 7.92. The van der Waals surface area contributed by atoms with Crippen molar-refractivity contribution in [1.29, 1.82) is 0 Å². The molecule has 0 unspecified atom stereocenters. The van der Waals surface area contributed by atoms with Crippen molar-refractivity contribution in [3.05, 3.63) is 67.0 Å². The number of benzene rings is 1. The Morgan fingerprint density at radius 2 is 1.78 bits per heavy atom. The molecular formula is C27H32N8OS. The number of aromatic nitrogens is 4. The Balaban J connectivity index is 1.47. The number of nitrogens with zero attached hydrogens (tertiary/aromatic N) is 7. The van der Waals surface area contributed by atoms with Gasteiger partial charge in [-0.2, -0.15) is 9.35 Å². The fourth-order valence-corrected chi connectivity index (χ4v) is 4.91. The number of hydrogen-bond donors (Lipinski definition) is 1. The monoisotopic (exact) mass is 516 g/mol. The predicted octanol–water partition coefficient (Wildman–Crippen LogP) is 4.70. The Hall–Kier alpha value is -3.76. The third kappa shape index (κ3) is 5.65. The lowest BCUT2D eigenvalue weighted by molar-refractivity contribution is 0.313. The number of nitrogens with one attached hydrogen (secondary N) is 1. The Kier molecular flexibility index (Phi) is 6.70. The largest absolute Gasteiger partial charge is 0.369 e. The first kappa shape index (κ1) is 24.9. The maximum absolute atomic E-state index is 12.2. The molecule has 0 aliphatic carbocycles. The highest BCUT2D eigenvalue weighted by Crippen LogP contribution is 2.28. The lowest BCUT2D eigenvalue weighted by atomic mass is 10.2. The van der Waals surface area contributed by atoms with Crippen molar-refractivity contribution in [1.82, 2.24) is 24.4 Å². The summed E-state index contributed by atoms with van der Waals surface area (Å²) in [6, 6.07) is 15.8. The Bertz CT molecular complexity index is 1570. The van der Waals surface area contributed by atoms with Crippen molar-refractivity contribution in [3.8, 4) is 5.82 Å². The van der Waals surface area contributed by atoms with Crippen LogP contribution in [0.3, 0.4) is 0 Å². The Morgan fingerprint density at radius 1 is 1.05 bits per heavy atom. The van der Waals surface area contributed by atoms with Gasteiger partial charge in [0.15, 0.2) is 11.5 Å². The summed E-state index contributed by atoms with van der Waals surface area (Å²) in [4.78, 5) is 18.8. The molecule has 1 saturated heterocycles. The van der Waals surface area contributed by atoms with Gasteiger partial charge in [-0.05, 0) is 62.0 Å². The van der Waals surface area contributed by atoms with E-state index in [-0.39, 0.29) is 0 Å². The van der Waals surface area contributed by atoms with Crippen LogP contribution in [0, 0.1) is 0 Å². The van der Waals surface area contributed by atoms with E-state index in [0.29, 0.717) is 23.2 Å². The summed E-state index contributed by atoms with van der Waals surface area (Å²) in [6.07, 6.45) is 4.98. The third-order valence-electron chi connectivity index (χ3n) is 6.23. The first-order valence-corrected chi connectivity index (χ1v) is 14.5. The van der Waals surface area contributed by atoms with Crippen molar-refractivity contribution >= 4 is 49.5 Å². The molecule has 4 aromatic rings. The van der Waals surface area contributed by atoms with Crippen LogP contribution in [0.1, 0.15) is 12.6 Å². The van der Waals surface area contributed by atoms with E-state index < -0.39 is 9.73 Å². The maximum Gasteiger partial charge on any atom is 0.229 e. The standard InChI is InChI=1S/C27H32N8OS/c1-19(2)23-17-20-18-28-27(29-21-9-11-22(12-10-21)34-15-13-33(3)14-16-34)31-26(20)35(23)25-8-6-7-24(30-25)32-37(4,5)36/h6-12,17-18H,1,13-16H2,2-5H3,(H,28,29,31). The van der Waals surface area contributed by atoms with Gasteiger partial charge in [0.25, 0.3) is 0 Å². The molecule has 0 saturated carbocycles. The number of anilines is 3. The molecule has 3 aromatic heterocycles. The molecule has 1 aliphatic rings. The van der Waals surface area contributed by atoms with Crippen LogP contribution >= 0.6 is 0 Å². The molecule has 1 aliphatic heterocycles. The third-order valence-corrected chi connectivity index (χ3v) is 6.86. The van der Waals surface area contributed by atoms with Crippen LogP contribution in [0.2, 0.25) is 0 Å². The van der Waals surface area contributed by atoms with E-state index in [4.69, 9.17) is 4.98 Å². The van der Waals surface area contributed by atoms with Gasteiger partial charge in [0, 0.05) is 71.4 Å². The lowest BCUT2D eigenvalue weighted by Gasteiger charge is -2.34. The van der Waals surface area contributed by atoms with E-state index >= 15 is 0 Å². The van der Waals surface area contributed by atoms with Gasteiger partial charge in [-0.15, -0.1) is 0 Å². The average Bonchev–Trinajstić information content (AvgIpc) is 3.23. The highest BCUT2D eigenvalue weighted by Gasteiger charge is 2.17. The number of fused-ring (bicyclic) bond motifs is 1. The molecule has 0 bridgehead atoms. The molecule has 10 heteroatoms. The second-order valence-electron chi connectivity index (χ2n) is 9.71. The number of rotatable bonds is 6. The molecule has 5 rings (SSSR count). The minimum Gasteiger partial charge on any atom is -0.369 e. The van der Waals surface area contributed by atoms with Gasteiger partial charge in [-0.3, -0.25) is 4.57 Å². The molecule has 1 aromatic carbocycles. The van der Waals surface area contributed by atoms with Crippen LogP contribution in [-0.4, -0.2) is 74.4 Å². The van der Waals surface area contributed by atoms with Gasteiger partial charge in [-0.25, -0.2) is 14.2 Å². The van der Waals surface area contributed by atoms with Crippen molar-refractivity contribution in [2.45, 2.75) is 6.92 Å². The SMILES string of the molecule is C=C(C)c1cc2cnc(Nc3ccc(N4CCN(C)CC4)cc3)nc2n1-c1cccc(N=S(C)(C)=O)n1. The van der Waals surface area contributed by atoms with E-state index in [1.807, 2.05) is 29.7 Å². The van der Waals surface area contributed by atoms with Crippen LogP contribution in [0.5, 0.6) is 0 Å². The van der Waals surface area contributed by atoms with Crippen molar-refractivity contribution in [2.75, 3.05) is 56.0 Å². The van der Waals surface area contributed by atoms with E-state index in [1.54, 1.807) is 24.8 Å². The van der Waals surface area contributed by atoms with Crippen LogP contribution in [0.25, 0.3) is 22.4 Å². The molecule has 1 fully saturated rings. The summed E-state index contributed by atoms with van der Waals surface area (Å²) in [5.41, 5.74) is 4.56. The minimum atomic E-state index is -2.34. The molecule has 192 valence electrons. The van der Waals surface area contributed by atoms with Gasteiger partial charge < -0.3 is 15.1 Å². The number of allylic oxidation sites excluding steroid dienone is 1. The second-order valence-corrected chi connectivity index (χ2v) is 12.3. The Labute approximate surface area is 218 Å². The molecule has 37 heavy (non-hydrogen) atoms. The summed E-state index contributed by atoms with van der Waals surface area (Å²) in [7, 11) is -0.181. The van der Waals surface area contributed by atoms with Crippen LogP contribution < -0.4 is 10.2 Å². The Morgan fingerprint density at radius 3 is 2.46 bits per heavy atom. The molecule has 1 N–H and O–H groups in total. The first-order chi connectivity index (χ1) is 17.7. The average molecular weight is 517 g/mol. The van der Waals surface area contributed by atoms with Crippen molar-refractivity contribution in [3.63, 3.8) is 0 Å². The fourth-order valence-electron chi connectivity index (χ4n) is 4.36. The molecule has 9 nitrogen and oxygen atoms in total. The summed E-state index contributed by atoms with van der Waals surface area (Å²) in [6.45, 7) is 10.3. The predicted molar refractivity (Wildman–Crippen MR) is 153 cm³/mol. The number of piperazine rings is 1. The molecule has 4 heterocycles. The summed E-state index contributed by atoms with van der Waals surface area (Å²) < 4.78 is 18.4. The van der Waals surface area contributed by atoms with Gasteiger partial charge >= 0.3 is 0 Å². The van der Waals surface area contributed by atoms with E-state index in [0.717, 1.165) is 48.5 Å². The summed E-state index contributed by atoms with van der Waals surface area (Å²) in [5.74, 6) is 1.52. The normalized spacial score (nSPS) is 14.6. The van der Waals surface area contributed by atoms with Crippen LogP contribution in [0.4, 0.5) is 23.1 Å². The van der Waals surface area contributed by atoms with Crippen molar-refractivity contribution < 1.29 is 4.21 Å². The molecule has 0 atom stereocenters. The van der Waals surface area contributed by atoms with Crippen molar-refractivity contribution in [2.24, 2.45) is 4.36 Å². The quantitative estimate of drug-likeness (QED) is 0.397. The zero-order chi connectivity index (χ0) is 26.2. The number of likely N-dealkylation sites (N-methyl/N-ethyl adjacent to an activating group) is 1. The van der Waals surface area contributed by atoms with E-state index in [1.165, 1.54) is 5.69 Å². The van der Waals surface area contributed by atoms with Crippen LogP contribution in [-0.2, 0) is 9.73 Å². The molecular weight excluding hydrogens is 484 g/mol. The van der Waals surface area contributed by atoms with Gasteiger partial charge in [0.05, 0.1) is 5.69 Å². The van der Waals surface area contributed by atoms with Gasteiger partial charge in [0.2, 0.25) is 5.95 Å². The molecule has 0 radical (unpaired) electrons. The lowest BCUT2D eigenvalue weighted by Crippen LogP contribution is -2.44. The zero-order valence-corrected chi connectivity index (χ0v) is 22.5. The summed E-state index contributed by atoms with van der Waals surface area (Å²) >= 11 is 0. The molecule has 0 amide bonds. The number of pyridine rings is 1. The topological polar surface area (TPSA) is 91.5 Å². The number of hydrogen-bond acceptors (Lipinski definition) is 8. The van der Waals surface area contributed by atoms with E-state index in [9.17, 15) is 4.21 Å². The van der Waals surface area contributed by atoms with Crippen LogP contribution in [0.15, 0.2) is 65.7 Å². The highest BCUT2D eigenvalue weighted by atomic mass is 32.2. The van der Waals surface area contributed by atoms with Gasteiger partial charge in [-0.1, -0.05) is 12.6 Å². The molecule has 0 spiro atoms. The maximum atomic E-state index is 12.2. The van der Waals surface area contributed by atoms with E-state index in [2.05, 4.69) is 67.3 Å². The minimum absolute atomic E-state index is 0.412. The zero-order valence-electron chi connectivity index (χ0n) is 21.7. The smallest absolute Gasteiger partial charge is 0.229 e. The summed E-state index contributed by atoms with van der Waals surface area (Å²) in [5, 5.41) is 4.20. The first-order valence-electron chi connectivity index (χ1n) is 12.2.